The Morgan fingerprint density at radius 2 is 2.24 bits per heavy atom. The molecule has 3 nitrogen and oxygen atoms in total. The molecule has 94 valence electrons. The summed E-state index contributed by atoms with van der Waals surface area (Å²) in [4.78, 5) is 6.98. The average molecular weight is 298 g/mol. The van der Waals surface area contributed by atoms with E-state index in [9.17, 15) is 0 Å². The SMILES string of the molecule is CC(C)N1CCCC(N)C1c1ccc(Br)cn1. The zero-order valence-corrected chi connectivity index (χ0v) is 12.0. The molecule has 0 aromatic carbocycles. The minimum absolute atomic E-state index is 0.194. The predicted molar refractivity (Wildman–Crippen MR) is 73.7 cm³/mol. The van der Waals surface area contributed by atoms with Crippen molar-refractivity contribution in [1.29, 1.82) is 0 Å². The maximum absolute atomic E-state index is 6.28. The second-order valence-corrected chi connectivity index (χ2v) is 5.90. The second kappa shape index (κ2) is 5.46. The van der Waals surface area contributed by atoms with Gasteiger partial charge in [0.1, 0.15) is 0 Å². The van der Waals surface area contributed by atoms with Crippen LogP contribution in [0.4, 0.5) is 0 Å². The number of pyridine rings is 1. The lowest BCUT2D eigenvalue weighted by molar-refractivity contribution is 0.0919. The van der Waals surface area contributed by atoms with Gasteiger partial charge in [0.05, 0.1) is 11.7 Å². The van der Waals surface area contributed by atoms with Gasteiger partial charge in [-0.1, -0.05) is 0 Å². The summed E-state index contributed by atoms with van der Waals surface area (Å²) in [5.41, 5.74) is 7.38. The molecule has 1 aromatic heterocycles. The van der Waals surface area contributed by atoms with Crippen molar-refractivity contribution in [3.05, 3.63) is 28.5 Å². The van der Waals surface area contributed by atoms with Gasteiger partial charge in [0.15, 0.2) is 0 Å². The maximum Gasteiger partial charge on any atom is 0.0675 e. The van der Waals surface area contributed by atoms with E-state index < -0.39 is 0 Å². The number of hydrogen-bond acceptors (Lipinski definition) is 3. The highest BCUT2D eigenvalue weighted by Gasteiger charge is 2.32. The molecule has 0 radical (unpaired) electrons. The lowest BCUT2D eigenvalue weighted by Gasteiger charge is -2.41. The van der Waals surface area contributed by atoms with Gasteiger partial charge in [0.25, 0.3) is 0 Å². The summed E-state index contributed by atoms with van der Waals surface area (Å²) >= 11 is 3.42. The number of aromatic nitrogens is 1. The molecular formula is C13H20BrN3. The quantitative estimate of drug-likeness (QED) is 0.913. The topological polar surface area (TPSA) is 42.1 Å². The summed E-state index contributed by atoms with van der Waals surface area (Å²) in [5.74, 6) is 0. The second-order valence-electron chi connectivity index (χ2n) is 4.98. The van der Waals surface area contributed by atoms with Crippen LogP contribution in [-0.2, 0) is 0 Å². The van der Waals surface area contributed by atoms with Gasteiger partial charge in [0.2, 0.25) is 0 Å². The first-order chi connectivity index (χ1) is 8.09. The highest BCUT2D eigenvalue weighted by molar-refractivity contribution is 9.10. The van der Waals surface area contributed by atoms with Crippen LogP contribution in [0.5, 0.6) is 0 Å². The Labute approximate surface area is 112 Å². The highest BCUT2D eigenvalue weighted by Crippen LogP contribution is 2.30. The molecule has 1 aliphatic rings. The molecule has 2 N–H and O–H groups in total. The summed E-state index contributed by atoms with van der Waals surface area (Å²) in [7, 11) is 0. The molecule has 4 heteroatoms. The number of piperidine rings is 1. The fourth-order valence-electron chi connectivity index (χ4n) is 2.58. The molecule has 1 fully saturated rings. The Balaban J connectivity index is 2.27. The molecule has 0 aliphatic carbocycles. The predicted octanol–water partition coefficient (Wildman–Crippen LogP) is 2.72. The first-order valence-electron chi connectivity index (χ1n) is 6.22. The Hall–Kier alpha value is -0.450. The van der Waals surface area contributed by atoms with Crippen molar-refractivity contribution in [1.82, 2.24) is 9.88 Å². The molecule has 2 rings (SSSR count). The number of nitrogens with two attached hydrogens (primary N) is 1. The van der Waals surface area contributed by atoms with Gasteiger partial charge in [-0.2, -0.15) is 0 Å². The number of likely N-dealkylation sites (tertiary alicyclic amines) is 1. The molecule has 0 amide bonds. The highest BCUT2D eigenvalue weighted by atomic mass is 79.9. The van der Waals surface area contributed by atoms with Crippen LogP contribution in [0.15, 0.2) is 22.8 Å². The molecular weight excluding hydrogens is 278 g/mol. The number of hydrogen-bond donors (Lipinski definition) is 1. The number of halogens is 1. The van der Waals surface area contributed by atoms with Gasteiger partial charge in [-0.3, -0.25) is 9.88 Å². The van der Waals surface area contributed by atoms with Crippen molar-refractivity contribution in [2.75, 3.05) is 6.54 Å². The van der Waals surface area contributed by atoms with E-state index in [1.54, 1.807) is 0 Å². The molecule has 0 spiro atoms. The van der Waals surface area contributed by atoms with E-state index in [-0.39, 0.29) is 12.1 Å². The van der Waals surface area contributed by atoms with Crippen LogP contribution in [0.2, 0.25) is 0 Å². The van der Waals surface area contributed by atoms with Crippen molar-refractivity contribution in [2.45, 2.75) is 44.8 Å². The summed E-state index contributed by atoms with van der Waals surface area (Å²) in [6, 6.07) is 5.09. The van der Waals surface area contributed by atoms with E-state index in [1.165, 1.54) is 6.42 Å². The number of rotatable bonds is 2. The molecule has 0 bridgehead atoms. The molecule has 1 aromatic rings. The van der Waals surface area contributed by atoms with E-state index in [2.05, 4.69) is 45.7 Å². The molecule has 2 heterocycles. The fourth-order valence-corrected chi connectivity index (χ4v) is 2.82. The van der Waals surface area contributed by atoms with Gasteiger partial charge in [-0.15, -0.1) is 0 Å². The van der Waals surface area contributed by atoms with Crippen molar-refractivity contribution in [3.63, 3.8) is 0 Å². The van der Waals surface area contributed by atoms with E-state index in [1.807, 2.05) is 12.3 Å². The molecule has 1 saturated heterocycles. The van der Waals surface area contributed by atoms with Gasteiger partial charge >= 0.3 is 0 Å². The van der Waals surface area contributed by atoms with E-state index in [0.29, 0.717) is 6.04 Å². The lowest BCUT2D eigenvalue weighted by Crippen LogP contribution is -2.48. The lowest BCUT2D eigenvalue weighted by atomic mass is 9.93. The summed E-state index contributed by atoms with van der Waals surface area (Å²) in [6.45, 7) is 5.57. The van der Waals surface area contributed by atoms with Crippen molar-refractivity contribution in [3.8, 4) is 0 Å². The first kappa shape index (κ1) is 13.0. The van der Waals surface area contributed by atoms with Crippen molar-refractivity contribution >= 4 is 15.9 Å². The normalized spacial score (nSPS) is 26.4. The van der Waals surface area contributed by atoms with E-state index in [0.717, 1.165) is 23.1 Å². The third kappa shape index (κ3) is 2.87. The van der Waals surface area contributed by atoms with Crippen LogP contribution in [0.3, 0.4) is 0 Å². The van der Waals surface area contributed by atoms with Gasteiger partial charge in [-0.05, 0) is 61.3 Å². The van der Waals surface area contributed by atoms with Crippen LogP contribution in [0, 0.1) is 0 Å². The van der Waals surface area contributed by atoms with Gasteiger partial charge in [-0.25, -0.2) is 0 Å². The van der Waals surface area contributed by atoms with E-state index in [4.69, 9.17) is 5.73 Å². The monoisotopic (exact) mass is 297 g/mol. The van der Waals surface area contributed by atoms with Crippen LogP contribution >= 0.6 is 15.9 Å². The van der Waals surface area contributed by atoms with Gasteiger partial charge in [0, 0.05) is 22.8 Å². The molecule has 17 heavy (non-hydrogen) atoms. The largest absolute Gasteiger partial charge is 0.326 e. The zero-order valence-electron chi connectivity index (χ0n) is 10.4. The average Bonchev–Trinajstić information content (AvgIpc) is 2.30. The van der Waals surface area contributed by atoms with Crippen LogP contribution in [0.25, 0.3) is 0 Å². The Bertz CT molecular complexity index is 363. The minimum atomic E-state index is 0.194. The van der Waals surface area contributed by atoms with Crippen LogP contribution in [-0.4, -0.2) is 28.5 Å². The third-order valence-corrected chi connectivity index (χ3v) is 3.90. The summed E-state index contributed by atoms with van der Waals surface area (Å²) in [6.07, 6.45) is 4.13. The zero-order chi connectivity index (χ0) is 12.4. The molecule has 0 saturated carbocycles. The van der Waals surface area contributed by atoms with Crippen LogP contribution in [0.1, 0.15) is 38.4 Å². The van der Waals surface area contributed by atoms with Crippen molar-refractivity contribution in [2.24, 2.45) is 5.73 Å². The molecule has 2 atom stereocenters. The third-order valence-electron chi connectivity index (χ3n) is 3.43. The smallest absolute Gasteiger partial charge is 0.0675 e. The van der Waals surface area contributed by atoms with Crippen molar-refractivity contribution < 1.29 is 0 Å². The standard InChI is InChI=1S/C13H20BrN3/c1-9(2)17-7-3-4-11(15)13(17)12-6-5-10(14)8-16-12/h5-6,8-9,11,13H,3-4,7,15H2,1-2H3. The van der Waals surface area contributed by atoms with Crippen LogP contribution < -0.4 is 5.73 Å². The Kier molecular flexibility index (Phi) is 4.17. The maximum atomic E-state index is 6.28. The number of nitrogens with zero attached hydrogens (tertiary/aromatic N) is 2. The Morgan fingerprint density at radius 1 is 1.47 bits per heavy atom. The van der Waals surface area contributed by atoms with E-state index >= 15 is 0 Å². The minimum Gasteiger partial charge on any atom is -0.326 e. The molecule has 2 unspecified atom stereocenters. The summed E-state index contributed by atoms with van der Waals surface area (Å²) < 4.78 is 1.02. The fraction of sp³-hybridized carbons (Fsp3) is 0.615. The first-order valence-corrected chi connectivity index (χ1v) is 7.01. The van der Waals surface area contributed by atoms with Gasteiger partial charge < -0.3 is 5.73 Å². The summed E-state index contributed by atoms with van der Waals surface area (Å²) in [5, 5.41) is 0. The Morgan fingerprint density at radius 3 is 2.82 bits per heavy atom. The molecule has 1 aliphatic heterocycles.